The molecule has 0 spiro atoms. The van der Waals surface area contributed by atoms with Crippen molar-refractivity contribution in [1.29, 1.82) is 0 Å². The van der Waals surface area contributed by atoms with Gasteiger partial charge in [0.2, 0.25) is 5.91 Å². The summed E-state index contributed by atoms with van der Waals surface area (Å²) in [5.74, 6) is -2.58. The number of fused-ring (bicyclic) bond motifs is 1. The first-order valence-electron chi connectivity index (χ1n) is 13.0. The molecule has 2 aliphatic rings. The van der Waals surface area contributed by atoms with Crippen molar-refractivity contribution in [1.82, 2.24) is 29.9 Å². The average molecular weight is 618 g/mol. The lowest BCUT2D eigenvalue weighted by Gasteiger charge is -2.27. The number of carboxylic acid groups (broad SMARTS) is 1. The van der Waals surface area contributed by atoms with Gasteiger partial charge in [-0.15, -0.1) is 5.10 Å². The highest BCUT2D eigenvalue weighted by Gasteiger charge is 2.40. The van der Waals surface area contributed by atoms with Gasteiger partial charge in [0.15, 0.2) is 17.2 Å². The molecule has 1 aromatic carbocycles. The number of alkyl halides is 3. The fourth-order valence-corrected chi connectivity index (χ4v) is 5.62. The van der Waals surface area contributed by atoms with Gasteiger partial charge in [-0.1, -0.05) is 29.5 Å². The number of aromatic nitrogens is 5. The van der Waals surface area contributed by atoms with Gasteiger partial charge < -0.3 is 15.0 Å². The van der Waals surface area contributed by atoms with Gasteiger partial charge in [0, 0.05) is 35.3 Å². The van der Waals surface area contributed by atoms with Crippen LogP contribution < -0.4 is 0 Å². The largest absolute Gasteiger partial charge is 0.476 e. The van der Waals surface area contributed by atoms with Crippen molar-refractivity contribution in [2.24, 2.45) is 4.99 Å². The molecular formula is C28H24ClF4N7O3. The Hall–Kier alpha value is -4.59. The minimum atomic E-state index is -4.68. The zero-order valence-electron chi connectivity index (χ0n) is 22.6. The monoisotopic (exact) mass is 617 g/mol. The predicted octanol–water partition coefficient (Wildman–Crippen LogP) is 5.59. The maximum Gasteiger partial charge on any atom is 0.436 e. The summed E-state index contributed by atoms with van der Waals surface area (Å²) in [6.07, 6.45) is 2.23. The first-order valence-corrected chi connectivity index (χ1v) is 13.4. The molecule has 15 heteroatoms. The number of allylic oxidation sites excluding steroid dienone is 3. The molecule has 4 heterocycles. The third kappa shape index (κ3) is 5.74. The summed E-state index contributed by atoms with van der Waals surface area (Å²) in [6.45, 7) is 3.58. The number of aliphatic carboxylic acids is 1. The van der Waals surface area contributed by atoms with Gasteiger partial charge in [-0.05, 0) is 49.5 Å². The Morgan fingerprint density at radius 2 is 2.05 bits per heavy atom. The van der Waals surface area contributed by atoms with Gasteiger partial charge in [0.1, 0.15) is 5.82 Å². The molecule has 0 saturated carbocycles. The van der Waals surface area contributed by atoms with Crippen LogP contribution in [-0.2, 0) is 15.8 Å². The molecule has 2 N–H and O–H groups in total. The number of rotatable bonds is 7. The van der Waals surface area contributed by atoms with E-state index < -0.39 is 35.4 Å². The number of hydrogen-bond donors (Lipinski definition) is 2. The standard InChI is InChI=1S/C28H24ClF4N7O3/c1-3-17(24(30)25(34-2)27(42)43)19-12-35-26(36-19)21-9-7-16-6-4-14(10-23(41)40(16)21)18-11-15(29)5-8-20(18)39-13-22(37-38-39)28(31,32)33/h3,5,8,10-13,16,21H,1,4,6-7,9H2,2H3,(H,35,36)(H,42,43)/b24-17-,34-25?/t16-,21-/m0/s1. The minimum absolute atomic E-state index is 0.143. The summed E-state index contributed by atoms with van der Waals surface area (Å²) in [5, 5.41) is 16.5. The third-order valence-electron chi connectivity index (χ3n) is 7.41. The van der Waals surface area contributed by atoms with Crippen LogP contribution in [0.15, 0.2) is 60.1 Å². The summed E-state index contributed by atoms with van der Waals surface area (Å²) >= 11 is 6.25. The zero-order valence-corrected chi connectivity index (χ0v) is 23.3. The number of amides is 1. The van der Waals surface area contributed by atoms with E-state index in [9.17, 15) is 32.3 Å². The number of H-pyrrole nitrogens is 1. The van der Waals surface area contributed by atoms with Crippen LogP contribution in [0.5, 0.6) is 0 Å². The van der Waals surface area contributed by atoms with Crippen LogP contribution in [0.2, 0.25) is 5.02 Å². The number of halogens is 5. The number of aliphatic imine (C=N–C) groups is 1. The van der Waals surface area contributed by atoms with E-state index in [1.807, 2.05) is 0 Å². The number of imidazole rings is 1. The normalized spacial score (nSPS) is 20.0. The number of carbonyl (C=O) groups is 2. The van der Waals surface area contributed by atoms with Gasteiger partial charge in [0.25, 0.3) is 0 Å². The number of benzene rings is 1. The van der Waals surface area contributed by atoms with Crippen molar-refractivity contribution in [3.8, 4) is 5.69 Å². The molecule has 3 aromatic rings. The summed E-state index contributed by atoms with van der Waals surface area (Å²) in [7, 11) is 1.16. The van der Waals surface area contributed by atoms with E-state index >= 15 is 0 Å². The number of nitrogens with zero attached hydrogens (tertiary/aromatic N) is 6. The third-order valence-corrected chi connectivity index (χ3v) is 7.65. The van der Waals surface area contributed by atoms with Crippen LogP contribution >= 0.6 is 11.6 Å². The molecule has 2 atom stereocenters. The Kier molecular flexibility index (Phi) is 8.06. The van der Waals surface area contributed by atoms with Gasteiger partial charge in [-0.3, -0.25) is 9.79 Å². The van der Waals surface area contributed by atoms with Crippen LogP contribution in [0.4, 0.5) is 17.6 Å². The first kappa shape index (κ1) is 29.9. The lowest BCUT2D eigenvalue weighted by molar-refractivity contribution is -0.141. The van der Waals surface area contributed by atoms with E-state index in [1.54, 1.807) is 11.0 Å². The Bertz CT molecular complexity index is 1710. The topological polar surface area (TPSA) is 129 Å². The lowest BCUT2D eigenvalue weighted by Crippen LogP contribution is -2.35. The summed E-state index contributed by atoms with van der Waals surface area (Å²) in [4.78, 5) is 37.6. The Labute approximate surface area is 247 Å². The molecule has 0 unspecified atom stereocenters. The maximum atomic E-state index is 15.0. The zero-order chi connectivity index (χ0) is 31.1. The van der Waals surface area contributed by atoms with Crippen LogP contribution in [0.3, 0.4) is 0 Å². The first-order chi connectivity index (χ1) is 20.4. The molecule has 1 fully saturated rings. The molecule has 2 aromatic heterocycles. The smallest absolute Gasteiger partial charge is 0.436 e. The van der Waals surface area contributed by atoms with Crippen molar-refractivity contribution >= 4 is 40.3 Å². The van der Waals surface area contributed by atoms with Crippen molar-refractivity contribution in [3.05, 3.63) is 82.9 Å². The van der Waals surface area contributed by atoms with Crippen LogP contribution in [0, 0.1) is 0 Å². The second-order valence-corrected chi connectivity index (χ2v) is 10.3. The van der Waals surface area contributed by atoms with Gasteiger partial charge in [-0.2, -0.15) is 13.2 Å². The quantitative estimate of drug-likeness (QED) is 0.202. The van der Waals surface area contributed by atoms with E-state index in [-0.39, 0.29) is 28.9 Å². The highest BCUT2D eigenvalue weighted by molar-refractivity contribution is 6.43. The van der Waals surface area contributed by atoms with Gasteiger partial charge in [-0.25, -0.2) is 18.9 Å². The number of carboxylic acids is 1. The second-order valence-electron chi connectivity index (χ2n) is 9.90. The van der Waals surface area contributed by atoms with Gasteiger partial charge in [0.05, 0.1) is 29.8 Å². The highest BCUT2D eigenvalue weighted by atomic mass is 35.5. The molecule has 5 rings (SSSR count). The Morgan fingerprint density at radius 3 is 2.70 bits per heavy atom. The highest BCUT2D eigenvalue weighted by Crippen LogP contribution is 2.42. The molecule has 1 amide bonds. The molecule has 224 valence electrons. The van der Waals surface area contributed by atoms with Crippen LogP contribution in [0.25, 0.3) is 16.8 Å². The van der Waals surface area contributed by atoms with Crippen molar-refractivity contribution < 1.29 is 32.3 Å². The van der Waals surface area contributed by atoms with E-state index in [0.717, 1.165) is 24.0 Å². The Balaban J connectivity index is 1.47. The number of carbonyl (C=O) groups excluding carboxylic acids is 1. The SMILES string of the molecule is C=C/C(=C(/F)C(=NC)C(=O)O)c1cnc([C@@H]2CC[C@@H]3CCC(c4cc(Cl)ccc4-n4cc(C(F)(F)F)nn4)=CC(=O)N32)[nH]1. The lowest BCUT2D eigenvalue weighted by atomic mass is 9.97. The number of hydrogen-bond acceptors (Lipinski definition) is 6. The molecule has 0 radical (unpaired) electrons. The fraction of sp³-hybridized carbons (Fsp3) is 0.286. The molecule has 1 saturated heterocycles. The van der Waals surface area contributed by atoms with Crippen molar-refractivity contribution in [3.63, 3.8) is 0 Å². The molecular weight excluding hydrogens is 594 g/mol. The maximum absolute atomic E-state index is 15.0. The molecule has 43 heavy (non-hydrogen) atoms. The number of nitrogens with one attached hydrogen (secondary N) is 1. The average Bonchev–Trinajstić information content (AvgIpc) is 3.69. The molecule has 2 aliphatic heterocycles. The Morgan fingerprint density at radius 1 is 1.28 bits per heavy atom. The second kappa shape index (κ2) is 11.6. The summed E-state index contributed by atoms with van der Waals surface area (Å²) in [5.41, 5.74) is -0.607. The number of aromatic amines is 1. The summed E-state index contributed by atoms with van der Waals surface area (Å²) < 4.78 is 55.5. The van der Waals surface area contributed by atoms with Crippen LogP contribution in [-0.4, -0.2) is 65.6 Å². The van der Waals surface area contributed by atoms with E-state index in [0.29, 0.717) is 47.7 Å². The molecule has 0 bridgehead atoms. The minimum Gasteiger partial charge on any atom is -0.476 e. The van der Waals surface area contributed by atoms with Crippen LogP contribution in [0.1, 0.15) is 54.5 Å². The van der Waals surface area contributed by atoms with Crippen molar-refractivity contribution in [2.45, 2.75) is 43.9 Å². The predicted molar refractivity (Wildman–Crippen MR) is 149 cm³/mol. The van der Waals surface area contributed by atoms with Crippen molar-refractivity contribution in [2.75, 3.05) is 7.05 Å². The molecule has 0 aliphatic carbocycles. The van der Waals surface area contributed by atoms with E-state index in [1.165, 1.54) is 24.4 Å². The molecule has 10 nitrogen and oxygen atoms in total. The summed E-state index contributed by atoms with van der Waals surface area (Å²) in [6, 6.07) is 3.94. The van der Waals surface area contributed by atoms with E-state index in [2.05, 4.69) is 31.9 Å². The fourth-order valence-electron chi connectivity index (χ4n) is 5.45. The van der Waals surface area contributed by atoms with E-state index in [4.69, 9.17) is 11.6 Å². The van der Waals surface area contributed by atoms with Gasteiger partial charge >= 0.3 is 12.1 Å².